The van der Waals surface area contributed by atoms with Crippen molar-refractivity contribution in [2.75, 3.05) is 13.1 Å². The average molecular weight is 284 g/mol. The van der Waals surface area contributed by atoms with E-state index in [1.54, 1.807) is 11.3 Å². The number of rotatable bonds is 2. The van der Waals surface area contributed by atoms with Crippen LogP contribution in [-0.4, -0.2) is 18.1 Å². The second-order valence-electron chi connectivity index (χ2n) is 5.24. The molecule has 0 bridgehead atoms. The van der Waals surface area contributed by atoms with Gasteiger partial charge in [-0.25, -0.2) is 4.98 Å². The third kappa shape index (κ3) is 2.15. The highest BCUT2D eigenvalue weighted by Gasteiger charge is 2.19. The number of fused-ring (bicyclic) bond motifs is 1. The lowest BCUT2D eigenvalue weighted by Gasteiger charge is -2.20. The minimum Gasteiger partial charge on any atom is -0.454 e. The lowest BCUT2D eigenvalue weighted by molar-refractivity contribution is 0.459. The molecule has 4 rings (SSSR count). The molecule has 4 heteroatoms. The second kappa shape index (κ2) is 5.04. The van der Waals surface area contributed by atoms with E-state index in [1.807, 2.05) is 18.2 Å². The summed E-state index contributed by atoms with van der Waals surface area (Å²) in [6, 6.07) is 10.2. The molecule has 20 heavy (non-hydrogen) atoms. The summed E-state index contributed by atoms with van der Waals surface area (Å²) in [5.41, 5.74) is 1.90. The van der Waals surface area contributed by atoms with Gasteiger partial charge in [-0.15, -0.1) is 11.3 Å². The largest absolute Gasteiger partial charge is 0.454 e. The molecule has 3 aromatic rings. The van der Waals surface area contributed by atoms with E-state index in [0.717, 1.165) is 35.5 Å². The van der Waals surface area contributed by atoms with Crippen LogP contribution in [0.3, 0.4) is 0 Å². The number of benzene rings is 1. The van der Waals surface area contributed by atoms with E-state index >= 15 is 0 Å². The zero-order valence-corrected chi connectivity index (χ0v) is 12.0. The van der Waals surface area contributed by atoms with Crippen LogP contribution in [0.15, 0.2) is 40.1 Å². The van der Waals surface area contributed by atoms with Gasteiger partial charge in [-0.05, 0) is 38.1 Å². The number of hydrogen-bond donors (Lipinski definition) is 1. The Labute approximate surface area is 121 Å². The summed E-state index contributed by atoms with van der Waals surface area (Å²) in [4.78, 5) is 4.80. The smallest absolute Gasteiger partial charge is 0.154 e. The molecule has 1 fully saturated rings. The molecule has 1 N–H and O–H groups in total. The highest BCUT2D eigenvalue weighted by Crippen LogP contribution is 2.33. The van der Waals surface area contributed by atoms with Crippen LogP contribution in [-0.2, 0) is 0 Å². The molecule has 1 aromatic carbocycles. The molecule has 0 atom stereocenters. The van der Waals surface area contributed by atoms with Gasteiger partial charge in [0, 0.05) is 16.7 Å². The van der Waals surface area contributed by atoms with E-state index in [2.05, 4.69) is 22.8 Å². The van der Waals surface area contributed by atoms with Crippen molar-refractivity contribution in [1.29, 1.82) is 0 Å². The Bertz CT molecular complexity index is 692. The van der Waals surface area contributed by atoms with E-state index in [9.17, 15) is 0 Å². The minimum atomic E-state index is 0.611. The Morgan fingerprint density at radius 2 is 2.05 bits per heavy atom. The van der Waals surface area contributed by atoms with Crippen molar-refractivity contribution in [3.05, 3.63) is 40.7 Å². The number of hydrogen-bond acceptors (Lipinski definition) is 4. The third-order valence-corrected chi connectivity index (χ3v) is 4.90. The minimum absolute atomic E-state index is 0.611. The quantitative estimate of drug-likeness (QED) is 0.772. The van der Waals surface area contributed by atoms with Gasteiger partial charge >= 0.3 is 0 Å². The highest BCUT2D eigenvalue weighted by atomic mass is 32.1. The Kier molecular flexibility index (Phi) is 3.05. The van der Waals surface area contributed by atoms with Gasteiger partial charge in [0.25, 0.3) is 0 Å². The molecule has 1 aliphatic heterocycles. The van der Waals surface area contributed by atoms with Gasteiger partial charge in [0.1, 0.15) is 11.3 Å². The van der Waals surface area contributed by atoms with Crippen LogP contribution in [0.4, 0.5) is 0 Å². The van der Waals surface area contributed by atoms with Gasteiger partial charge in [0.05, 0.1) is 5.01 Å². The first-order valence-electron chi connectivity index (χ1n) is 7.05. The van der Waals surface area contributed by atoms with Crippen molar-refractivity contribution in [1.82, 2.24) is 10.3 Å². The van der Waals surface area contributed by atoms with Gasteiger partial charge in [0.2, 0.25) is 0 Å². The number of nitrogens with zero attached hydrogens (tertiary/aromatic N) is 1. The third-order valence-electron chi connectivity index (χ3n) is 3.89. The maximum Gasteiger partial charge on any atom is 0.154 e. The zero-order valence-electron chi connectivity index (χ0n) is 11.1. The first-order valence-corrected chi connectivity index (χ1v) is 7.93. The van der Waals surface area contributed by atoms with Crippen molar-refractivity contribution in [2.24, 2.45) is 0 Å². The van der Waals surface area contributed by atoms with Crippen LogP contribution >= 0.6 is 11.3 Å². The summed E-state index contributed by atoms with van der Waals surface area (Å²) in [5.74, 6) is 1.49. The van der Waals surface area contributed by atoms with Crippen LogP contribution < -0.4 is 5.32 Å². The van der Waals surface area contributed by atoms with Gasteiger partial charge in [-0.2, -0.15) is 0 Å². The van der Waals surface area contributed by atoms with Crippen molar-refractivity contribution in [2.45, 2.75) is 18.8 Å². The Morgan fingerprint density at radius 1 is 1.20 bits per heavy atom. The molecule has 0 amide bonds. The lowest BCUT2D eigenvalue weighted by atomic mass is 9.99. The monoisotopic (exact) mass is 284 g/mol. The number of furan rings is 1. The fourth-order valence-corrected chi connectivity index (χ4v) is 3.75. The molecule has 0 radical (unpaired) electrons. The first kappa shape index (κ1) is 12.1. The molecule has 0 aliphatic carbocycles. The number of aromatic nitrogens is 1. The summed E-state index contributed by atoms with van der Waals surface area (Å²) in [5, 5.41) is 7.91. The molecule has 2 aromatic heterocycles. The number of para-hydroxylation sites is 1. The first-order chi connectivity index (χ1) is 9.90. The fourth-order valence-electron chi connectivity index (χ4n) is 2.77. The van der Waals surface area contributed by atoms with Crippen LogP contribution in [0.2, 0.25) is 0 Å². The number of nitrogens with one attached hydrogen (secondary N) is 1. The van der Waals surface area contributed by atoms with Crippen LogP contribution in [0.5, 0.6) is 0 Å². The standard InChI is InChI=1S/C16H16N2OS/c1-2-4-14-12(3-1)9-15(19-14)13-10-20-16(18-13)11-5-7-17-8-6-11/h1-4,9-11,17H,5-8H2. The van der Waals surface area contributed by atoms with Crippen molar-refractivity contribution >= 4 is 22.3 Å². The summed E-state index contributed by atoms with van der Waals surface area (Å²) in [6.07, 6.45) is 2.38. The molecule has 0 unspecified atom stereocenters. The SMILES string of the molecule is c1ccc2oc(-c3csc(C4CCNCC4)n3)cc2c1. The summed E-state index contributed by atoms with van der Waals surface area (Å²) in [6.45, 7) is 2.20. The lowest BCUT2D eigenvalue weighted by Crippen LogP contribution is -2.26. The average Bonchev–Trinajstić information content (AvgIpc) is 3.14. The summed E-state index contributed by atoms with van der Waals surface area (Å²) >= 11 is 1.76. The van der Waals surface area contributed by atoms with Crippen molar-refractivity contribution in [3.8, 4) is 11.5 Å². The topological polar surface area (TPSA) is 38.1 Å². The Morgan fingerprint density at radius 3 is 2.90 bits per heavy atom. The highest BCUT2D eigenvalue weighted by molar-refractivity contribution is 7.10. The van der Waals surface area contributed by atoms with E-state index < -0.39 is 0 Å². The van der Waals surface area contributed by atoms with Crippen molar-refractivity contribution < 1.29 is 4.42 Å². The molecular formula is C16H16N2OS. The molecule has 3 heterocycles. The number of piperidine rings is 1. The van der Waals surface area contributed by atoms with E-state index in [4.69, 9.17) is 9.40 Å². The summed E-state index contributed by atoms with van der Waals surface area (Å²) < 4.78 is 5.89. The zero-order chi connectivity index (χ0) is 13.4. The molecule has 3 nitrogen and oxygen atoms in total. The van der Waals surface area contributed by atoms with Gasteiger partial charge < -0.3 is 9.73 Å². The molecular weight excluding hydrogens is 268 g/mol. The van der Waals surface area contributed by atoms with Crippen LogP contribution in [0, 0.1) is 0 Å². The van der Waals surface area contributed by atoms with E-state index in [0.29, 0.717) is 5.92 Å². The predicted molar refractivity (Wildman–Crippen MR) is 82.2 cm³/mol. The fraction of sp³-hybridized carbons (Fsp3) is 0.312. The molecule has 0 spiro atoms. The van der Waals surface area contributed by atoms with Gasteiger partial charge in [0.15, 0.2) is 5.76 Å². The summed E-state index contributed by atoms with van der Waals surface area (Å²) in [7, 11) is 0. The van der Waals surface area contributed by atoms with Crippen LogP contribution in [0.1, 0.15) is 23.8 Å². The van der Waals surface area contributed by atoms with Crippen molar-refractivity contribution in [3.63, 3.8) is 0 Å². The predicted octanol–water partition coefficient (Wildman–Crippen LogP) is 4.02. The second-order valence-corrected chi connectivity index (χ2v) is 6.13. The maximum absolute atomic E-state index is 5.89. The Balaban J connectivity index is 1.66. The molecule has 102 valence electrons. The number of thiazole rings is 1. The van der Waals surface area contributed by atoms with Gasteiger partial charge in [-0.1, -0.05) is 18.2 Å². The van der Waals surface area contributed by atoms with E-state index in [-0.39, 0.29) is 0 Å². The Hall–Kier alpha value is -1.65. The van der Waals surface area contributed by atoms with Crippen LogP contribution in [0.25, 0.3) is 22.4 Å². The molecule has 1 aliphatic rings. The molecule has 1 saturated heterocycles. The molecule has 0 saturated carbocycles. The van der Waals surface area contributed by atoms with E-state index in [1.165, 1.54) is 17.8 Å². The van der Waals surface area contributed by atoms with Gasteiger partial charge in [-0.3, -0.25) is 0 Å². The maximum atomic E-state index is 5.89. The normalized spacial score (nSPS) is 16.8.